The molecule has 1 heterocycles. The summed E-state index contributed by atoms with van der Waals surface area (Å²) >= 11 is 7.11. The van der Waals surface area contributed by atoms with Crippen molar-refractivity contribution in [3.63, 3.8) is 0 Å². The van der Waals surface area contributed by atoms with Gasteiger partial charge in [-0.05, 0) is 42.0 Å². The maximum absolute atomic E-state index is 12.5. The largest absolute Gasteiger partial charge is 0.378 e. The number of rotatable bonds is 5. The molecule has 1 saturated heterocycles. The molecule has 1 fully saturated rings. The van der Waals surface area contributed by atoms with E-state index in [1.165, 1.54) is 28.8 Å². The molecule has 0 radical (unpaired) electrons. The van der Waals surface area contributed by atoms with Gasteiger partial charge in [-0.2, -0.15) is 5.26 Å². The molecule has 9 heteroatoms. The lowest BCUT2D eigenvalue weighted by atomic mass is 10.1. The summed E-state index contributed by atoms with van der Waals surface area (Å²) in [5, 5.41) is 21.5. The van der Waals surface area contributed by atoms with Crippen LogP contribution in [0.2, 0.25) is 5.02 Å². The van der Waals surface area contributed by atoms with Crippen LogP contribution in [0, 0.1) is 21.4 Å². The normalized spacial score (nSPS) is 14.3. The highest BCUT2D eigenvalue weighted by Gasteiger charge is 2.21. The summed E-state index contributed by atoms with van der Waals surface area (Å²) in [6, 6.07) is 13.5. The Morgan fingerprint density at radius 2 is 1.93 bits per heavy atom. The SMILES string of the molecule is N#C/C(=C/c1ccc(Sc2ccc(Cl)cc2)c([N+](=O)[O-])c1)C(=O)N1CCOCC1. The number of nitrogens with zero attached hydrogens (tertiary/aromatic N) is 3. The Labute approximate surface area is 176 Å². The van der Waals surface area contributed by atoms with E-state index in [0.717, 1.165) is 4.90 Å². The minimum Gasteiger partial charge on any atom is -0.378 e. The molecule has 0 bridgehead atoms. The summed E-state index contributed by atoms with van der Waals surface area (Å²) < 4.78 is 5.21. The van der Waals surface area contributed by atoms with Gasteiger partial charge in [-0.1, -0.05) is 29.4 Å². The molecule has 1 aliphatic heterocycles. The molecule has 0 saturated carbocycles. The Kier molecular flexibility index (Phi) is 6.88. The highest BCUT2D eigenvalue weighted by molar-refractivity contribution is 7.99. The van der Waals surface area contributed by atoms with Crippen molar-refractivity contribution < 1.29 is 14.5 Å². The van der Waals surface area contributed by atoms with Crippen molar-refractivity contribution in [1.29, 1.82) is 5.26 Å². The highest BCUT2D eigenvalue weighted by atomic mass is 35.5. The van der Waals surface area contributed by atoms with Crippen molar-refractivity contribution in [2.45, 2.75) is 9.79 Å². The number of carbonyl (C=O) groups excluding carboxylic acids is 1. The molecule has 7 nitrogen and oxygen atoms in total. The standard InChI is InChI=1S/C20H16ClN3O4S/c21-16-2-4-17(5-3-16)29-19-6-1-14(12-18(19)24(26)27)11-15(13-22)20(25)23-7-9-28-10-8-23/h1-6,11-12H,7-10H2/b15-11-. The zero-order valence-electron chi connectivity index (χ0n) is 15.2. The van der Waals surface area contributed by atoms with Crippen LogP contribution < -0.4 is 0 Å². The Balaban J connectivity index is 1.87. The van der Waals surface area contributed by atoms with Crippen LogP contribution in [0.25, 0.3) is 6.08 Å². The van der Waals surface area contributed by atoms with Gasteiger partial charge in [-0.3, -0.25) is 14.9 Å². The Bertz CT molecular complexity index is 996. The van der Waals surface area contributed by atoms with Crippen LogP contribution in [0.15, 0.2) is 57.8 Å². The number of nitro benzene ring substituents is 1. The van der Waals surface area contributed by atoms with Crippen molar-refractivity contribution in [2.75, 3.05) is 26.3 Å². The fourth-order valence-corrected chi connectivity index (χ4v) is 3.75. The van der Waals surface area contributed by atoms with Crippen LogP contribution in [-0.2, 0) is 9.53 Å². The minimum atomic E-state index is -0.481. The van der Waals surface area contributed by atoms with Crippen LogP contribution in [0.5, 0.6) is 0 Å². The van der Waals surface area contributed by atoms with E-state index in [-0.39, 0.29) is 11.3 Å². The number of amides is 1. The predicted octanol–water partition coefficient (Wildman–Crippen LogP) is 4.17. The van der Waals surface area contributed by atoms with Crippen molar-refractivity contribution >= 4 is 41.0 Å². The molecule has 1 amide bonds. The fourth-order valence-electron chi connectivity index (χ4n) is 2.73. The fraction of sp³-hybridized carbons (Fsp3) is 0.200. The molecule has 0 atom stereocenters. The quantitative estimate of drug-likeness (QED) is 0.306. The molecule has 2 aromatic carbocycles. The van der Waals surface area contributed by atoms with Gasteiger partial charge in [0.05, 0.1) is 23.0 Å². The van der Waals surface area contributed by atoms with Gasteiger partial charge in [-0.25, -0.2) is 0 Å². The lowest BCUT2D eigenvalue weighted by molar-refractivity contribution is -0.387. The summed E-state index contributed by atoms with van der Waals surface area (Å²) in [5.41, 5.74) is 0.240. The van der Waals surface area contributed by atoms with Crippen molar-refractivity contribution in [3.8, 4) is 6.07 Å². The number of ether oxygens (including phenoxy) is 1. The lowest BCUT2D eigenvalue weighted by Gasteiger charge is -2.26. The molecule has 0 N–H and O–H groups in total. The molecule has 0 aliphatic carbocycles. The second-order valence-electron chi connectivity index (χ2n) is 6.11. The summed E-state index contributed by atoms with van der Waals surface area (Å²) in [4.78, 5) is 26.4. The number of hydrogen-bond acceptors (Lipinski definition) is 6. The van der Waals surface area contributed by atoms with Crippen LogP contribution in [0.3, 0.4) is 0 Å². The summed E-state index contributed by atoms with van der Waals surface area (Å²) in [6.07, 6.45) is 1.38. The van der Waals surface area contributed by atoms with Gasteiger partial charge in [0.1, 0.15) is 11.6 Å². The zero-order valence-corrected chi connectivity index (χ0v) is 16.8. The van der Waals surface area contributed by atoms with Crippen molar-refractivity contribution in [3.05, 3.63) is 68.7 Å². The molecule has 0 unspecified atom stereocenters. The first-order valence-electron chi connectivity index (χ1n) is 8.68. The van der Waals surface area contributed by atoms with E-state index in [0.29, 0.717) is 41.8 Å². The van der Waals surface area contributed by atoms with Gasteiger partial charge in [0.25, 0.3) is 11.6 Å². The summed E-state index contributed by atoms with van der Waals surface area (Å²) in [7, 11) is 0. The molecule has 2 aromatic rings. The third-order valence-corrected chi connectivity index (χ3v) is 5.51. The van der Waals surface area contributed by atoms with E-state index in [2.05, 4.69) is 0 Å². The first kappa shape index (κ1) is 20.9. The minimum absolute atomic E-state index is 0.0701. The molecular formula is C20H16ClN3O4S. The Hall–Kier alpha value is -2.86. The third-order valence-electron chi connectivity index (χ3n) is 4.18. The number of halogens is 1. The van der Waals surface area contributed by atoms with Gasteiger partial charge >= 0.3 is 0 Å². The van der Waals surface area contributed by atoms with Crippen molar-refractivity contribution in [1.82, 2.24) is 4.90 Å². The molecule has 1 aliphatic rings. The van der Waals surface area contributed by atoms with E-state index in [4.69, 9.17) is 16.3 Å². The second-order valence-corrected chi connectivity index (χ2v) is 7.67. The monoisotopic (exact) mass is 429 g/mol. The van der Waals surface area contributed by atoms with Gasteiger partial charge in [0.15, 0.2) is 0 Å². The average molecular weight is 430 g/mol. The summed E-state index contributed by atoms with van der Waals surface area (Å²) in [5.74, 6) is -0.405. The maximum Gasteiger partial charge on any atom is 0.283 e. The smallest absolute Gasteiger partial charge is 0.283 e. The summed E-state index contributed by atoms with van der Waals surface area (Å²) in [6.45, 7) is 1.67. The molecule has 29 heavy (non-hydrogen) atoms. The predicted molar refractivity (Wildman–Crippen MR) is 110 cm³/mol. The van der Waals surface area contributed by atoms with E-state index < -0.39 is 10.8 Å². The average Bonchev–Trinajstić information content (AvgIpc) is 2.74. The number of nitriles is 1. The van der Waals surface area contributed by atoms with Gasteiger partial charge in [-0.15, -0.1) is 0 Å². The van der Waals surface area contributed by atoms with Crippen molar-refractivity contribution in [2.24, 2.45) is 0 Å². The van der Waals surface area contributed by atoms with Crippen LogP contribution in [0.1, 0.15) is 5.56 Å². The van der Waals surface area contributed by atoms with Crippen LogP contribution in [0.4, 0.5) is 5.69 Å². The van der Waals surface area contributed by atoms with Gasteiger partial charge in [0, 0.05) is 29.1 Å². The lowest BCUT2D eigenvalue weighted by Crippen LogP contribution is -2.41. The Morgan fingerprint density at radius 3 is 2.55 bits per heavy atom. The van der Waals surface area contributed by atoms with Gasteiger partial charge < -0.3 is 9.64 Å². The highest BCUT2D eigenvalue weighted by Crippen LogP contribution is 2.36. The maximum atomic E-state index is 12.5. The third kappa shape index (κ3) is 5.35. The molecule has 0 aromatic heterocycles. The van der Waals surface area contributed by atoms with E-state index in [1.807, 2.05) is 6.07 Å². The number of morpholine rings is 1. The molecular weight excluding hydrogens is 414 g/mol. The Morgan fingerprint density at radius 1 is 1.24 bits per heavy atom. The molecule has 0 spiro atoms. The van der Waals surface area contributed by atoms with E-state index in [9.17, 15) is 20.2 Å². The second kappa shape index (κ2) is 9.56. The number of carbonyl (C=O) groups is 1. The topological polar surface area (TPSA) is 96.5 Å². The molecule has 3 rings (SSSR count). The zero-order chi connectivity index (χ0) is 20.8. The van der Waals surface area contributed by atoms with Crippen LogP contribution >= 0.6 is 23.4 Å². The number of nitro groups is 1. The van der Waals surface area contributed by atoms with E-state index >= 15 is 0 Å². The first-order valence-corrected chi connectivity index (χ1v) is 9.88. The van der Waals surface area contributed by atoms with Gasteiger partial charge in [0.2, 0.25) is 0 Å². The van der Waals surface area contributed by atoms with Crippen LogP contribution in [-0.4, -0.2) is 42.0 Å². The first-order chi connectivity index (χ1) is 14.0. The number of hydrogen-bond donors (Lipinski definition) is 0. The molecule has 148 valence electrons. The number of benzene rings is 2. The van der Waals surface area contributed by atoms with E-state index in [1.54, 1.807) is 36.4 Å².